The highest BCUT2D eigenvalue weighted by Crippen LogP contribution is 2.37. The van der Waals surface area contributed by atoms with E-state index in [9.17, 15) is 9.59 Å². The van der Waals surface area contributed by atoms with E-state index < -0.39 is 6.10 Å². The Hall–Kier alpha value is -2.24. The number of carbonyl (C=O) groups excluding carboxylic acids is 2. The van der Waals surface area contributed by atoms with E-state index >= 15 is 0 Å². The molecule has 2 rings (SSSR count). The zero-order chi connectivity index (χ0) is 14.7. The van der Waals surface area contributed by atoms with Crippen molar-refractivity contribution in [3.8, 4) is 17.2 Å². The molecule has 1 aromatic carbocycles. The minimum Gasteiger partial charge on any atom is -0.480 e. The molecular weight excluding hydrogens is 262 g/mol. The Kier molecular flexibility index (Phi) is 4.12. The minimum atomic E-state index is -0.712. The van der Waals surface area contributed by atoms with Crippen LogP contribution >= 0.6 is 0 Å². The van der Waals surface area contributed by atoms with Gasteiger partial charge in [-0.25, -0.2) is 0 Å². The Morgan fingerprint density at radius 1 is 1.30 bits per heavy atom. The first-order valence-corrected chi connectivity index (χ1v) is 6.37. The molecule has 1 unspecified atom stereocenters. The van der Waals surface area contributed by atoms with Crippen LogP contribution in [0.4, 0.5) is 0 Å². The quantitative estimate of drug-likeness (QED) is 0.827. The predicted molar refractivity (Wildman–Crippen MR) is 71.3 cm³/mol. The Bertz CT molecular complexity index is 527. The standard InChI is InChI=1S/C14H17NO5/c1-8(2)15-14(17)9(3)20-11-5-13-12(18-7-19-13)4-10(11)6-16/h4-6,8-9H,7H2,1-3H3,(H,15,17). The second-order valence-corrected chi connectivity index (χ2v) is 4.78. The van der Waals surface area contributed by atoms with E-state index in [4.69, 9.17) is 14.2 Å². The summed E-state index contributed by atoms with van der Waals surface area (Å²) in [5, 5.41) is 2.74. The van der Waals surface area contributed by atoms with Crippen molar-refractivity contribution >= 4 is 12.2 Å². The van der Waals surface area contributed by atoms with Gasteiger partial charge in [0.1, 0.15) is 5.75 Å². The average molecular weight is 279 g/mol. The fourth-order valence-electron chi connectivity index (χ4n) is 1.78. The molecule has 0 saturated carbocycles. The molecule has 0 radical (unpaired) electrons. The molecule has 1 amide bonds. The van der Waals surface area contributed by atoms with E-state index in [0.29, 0.717) is 29.1 Å². The molecule has 0 aliphatic carbocycles. The van der Waals surface area contributed by atoms with Crippen LogP contribution in [0.2, 0.25) is 0 Å². The number of hydrogen-bond acceptors (Lipinski definition) is 5. The normalized spacial score (nSPS) is 14.0. The molecule has 20 heavy (non-hydrogen) atoms. The van der Waals surface area contributed by atoms with Crippen LogP contribution in [0.1, 0.15) is 31.1 Å². The van der Waals surface area contributed by atoms with Gasteiger partial charge in [-0.05, 0) is 26.8 Å². The maximum atomic E-state index is 11.8. The SMILES string of the molecule is CC(C)NC(=O)C(C)Oc1cc2c(cc1C=O)OCO2. The van der Waals surface area contributed by atoms with Crippen LogP contribution in [-0.4, -0.2) is 31.1 Å². The molecule has 0 saturated heterocycles. The maximum Gasteiger partial charge on any atom is 0.260 e. The Balaban J connectivity index is 2.16. The number of carbonyl (C=O) groups is 2. The molecule has 0 fully saturated rings. The summed E-state index contributed by atoms with van der Waals surface area (Å²) in [6, 6.07) is 3.12. The maximum absolute atomic E-state index is 11.8. The summed E-state index contributed by atoms with van der Waals surface area (Å²) >= 11 is 0. The van der Waals surface area contributed by atoms with Crippen molar-refractivity contribution < 1.29 is 23.8 Å². The zero-order valence-electron chi connectivity index (χ0n) is 11.6. The number of nitrogens with one attached hydrogen (secondary N) is 1. The number of aldehydes is 1. The Morgan fingerprint density at radius 2 is 1.95 bits per heavy atom. The van der Waals surface area contributed by atoms with Crippen molar-refractivity contribution in [2.45, 2.75) is 32.9 Å². The summed E-state index contributed by atoms with van der Waals surface area (Å²) < 4.78 is 16.0. The molecule has 0 spiro atoms. The summed E-state index contributed by atoms with van der Waals surface area (Å²) in [7, 11) is 0. The minimum absolute atomic E-state index is 0.0239. The molecule has 1 heterocycles. The van der Waals surface area contributed by atoms with Crippen LogP contribution in [-0.2, 0) is 4.79 Å². The van der Waals surface area contributed by atoms with Gasteiger partial charge in [-0.3, -0.25) is 9.59 Å². The predicted octanol–water partition coefficient (Wildman–Crippen LogP) is 1.52. The molecule has 1 aliphatic heterocycles. The number of fused-ring (bicyclic) bond motifs is 1. The lowest BCUT2D eigenvalue weighted by Gasteiger charge is -2.17. The highest BCUT2D eigenvalue weighted by Gasteiger charge is 2.21. The van der Waals surface area contributed by atoms with Crippen molar-refractivity contribution in [1.82, 2.24) is 5.32 Å². The molecule has 1 atom stereocenters. The van der Waals surface area contributed by atoms with Crippen LogP contribution in [0.3, 0.4) is 0 Å². The number of rotatable bonds is 5. The molecule has 1 aliphatic rings. The molecule has 0 aromatic heterocycles. The molecular formula is C14H17NO5. The van der Waals surface area contributed by atoms with Gasteiger partial charge in [-0.2, -0.15) is 0 Å². The lowest BCUT2D eigenvalue weighted by molar-refractivity contribution is -0.127. The van der Waals surface area contributed by atoms with Crippen LogP contribution in [0.5, 0.6) is 17.2 Å². The lowest BCUT2D eigenvalue weighted by Crippen LogP contribution is -2.40. The second kappa shape index (κ2) is 5.81. The van der Waals surface area contributed by atoms with Gasteiger partial charge in [0.25, 0.3) is 5.91 Å². The van der Waals surface area contributed by atoms with Gasteiger partial charge in [-0.15, -0.1) is 0 Å². The smallest absolute Gasteiger partial charge is 0.260 e. The van der Waals surface area contributed by atoms with Crippen molar-refractivity contribution in [3.63, 3.8) is 0 Å². The van der Waals surface area contributed by atoms with Crippen molar-refractivity contribution in [1.29, 1.82) is 0 Å². The number of benzene rings is 1. The van der Waals surface area contributed by atoms with E-state index in [0.717, 1.165) is 0 Å². The lowest BCUT2D eigenvalue weighted by atomic mass is 10.2. The largest absolute Gasteiger partial charge is 0.480 e. The first-order chi connectivity index (χ1) is 9.51. The summed E-state index contributed by atoms with van der Waals surface area (Å²) in [6.45, 7) is 5.46. The number of ether oxygens (including phenoxy) is 3. The Labute approximate surface area is 117 Å². The first kappa shape index (κ1) is 14.2. The third-order valence-electron chi connectivity index (χ3n) is 2.74. The van der Waals surface area contributed by atoms with Gasteiger partial charge >= 0.3 is 0 Å². The van der Waals surface area contributed by atoms with E-state index in [1.54, 1.807) is 13.0 Å². The first-order valence-electron chi connectivity index (χ1n) is 6.37. The summed E-state index contributed by atoms with van der Waals surface area (Å²) in [4.78, 5) is 22.9. The van der Waals surface area contributed by atoms with Crippen LogP contribution in [0, 0.1) is 0 Å². The van der Waals surface area contributed by atoms with E-state index in [1.165, 1.54) is 6.07 Å². The average Bonchev–Trinajstić information content (AvgIpc) is 2.83. The zero-order valence-corrected chi connectivity index (χ0v) is 11.6. The van der Waals surface area contributed by atoms with E-state index in [1.807, 2.05) is 13.8 Å². The monoisotopic (exact) mass is 279 g/mol. The van der Waals surface area contributed by atoms with Gasteiger partial charge in [0, 0.05) is 12.1 Å². The second-order valence-electron chi connectivity index (χ2n) is 4.78. The molecule has 1 aromatic rings. The van der Waals surface area contributed by atoms with E-state index in [-0.39, 0.29) is 18.7 Å². The molecule has 108 valence electrons. The molecule has 0 bridgehead atoms. The van der Waals surface area contributed by atoms with Crippen LogP contribution in [0.15, 0.2) is 12.1 Å². The number of hydrogen-bond donors (Lipinski definition) is 1. The topological polar surface area (TPSA) is 73.9 Å². The van der Waals surface area contributed by atoms with Gasteiger partial charge in [0.2, 0.25) is 6.79 Å². The molecule has 1 N–H and O–H groups in total. The summed E-state index contributed by atoms with van der Waals surface area (Å²) in [5.41, 5.74) is 0.318. The van der Waals surface area contributed by atoms with Gasteiger partial charge in [0.15, 0.2) is 23.9 Å². The highest BCUT2D eigenvalue weighted by molar-refractivity contribution is 5.83. The fourth-order valence-corrected chi connectivity index (χ4v) is 1.78. The van der Waals surface area contributed by atoms with Gasteiger partial charge < -0.3 is 19.5 Å². The highest BCUT2D eigenvalue weighted by atomic mass is 16.7. The summed E-state index contributed by atoms with van der Waals surface area (Å²) in [5.74, 6) is 1.06. The fraction of sp³-hybridized carbons (Fsp3) is 0.429. The van der Waals surface area contributed by atoms with Crippen molar-refractivity contribution in [2.24, 2.45) is 0 Å². The van der Waals surface area contributed by atoms with E-state index in [2.05, 4.69) is 5.32 Å². The molecule has 6 nitrogen and oxygen atoms in total. The third kappa shape index (κ3) is 3.01. The van der Waals surface area contributed by atoms with Gasteiger partial charge in [0.05, 0.1) is 5.56 Å². The van der Waals surface area contributed by atoms with Crippen molar-refractivity contribution in [3.05, 3.63) is 17.7 Å². The van der Waals surface area contributed by atoms with Crippen molar-refractivity contribution in [2.75, 3.05) is 6.79 Å². The number of amides is 1. The molecule has 6 heteroatoms. The van der Waals surface area contributed by atoms with Crippen LogP contribution < -0.4 is 19.5 Å². The van der Waals surface area contributed by atoms with Crippen LogP contribution in [0.25, 0.3) is 0 Å². The third-order valence-corrected chi connectivity index (χ3v) is 2.74. The Morgan fingerprint density at radius 3 is 2.55 bits per heavy atom. The van der Waals surface area contributed by atoms with Gasteiger partial charge in [-0.1, -0.05) is 0 Å². The summed E-state index contributed by atoms with van der Waals surface area (Å²) in [6.07, 6.45) is -0.0545.